The molecule has 1 saturated heterocycles. The van der Waals surface area contributed by atoms with Crippen molar-refractivity contribution in [3.05, 3.63) is 51.4 Å². The Kier molecular flexibility index (Phi) is 6.28. The molecule has 2 aromatic heterocycles. The van der Waals surface area contributed by atoms with Gasteiger partial charge in [0.1, 0.15) is 11.2 Å². The third-order valence-electron chi connectivity index (χ3n) is 5.06. The summed E-state index contributed by atoms with van der Waals surface area (Å²) in [5, 5.41) is 22.8. The number of fused-ring (bicyclic) bond motifs is 1. The fourth-order valence-electron chi connectivity index (χ4n) is 3.57. The van der Waals surface area contributed by atoms with Crippen molar-refractivity contribution in [2.45, 2.75) is 13.0 Å². The molecule has 1 aromatic carbocycles. The van der Waals surface area contributed by atoms with E-state index in [0.29, 0.717) is 59.4 Å². The maximum absolute atomic E-state index is 11.6. The lowest BCUT2D eigenvalue weighted by Crippen LogP contribution is -2.37. The van der Waals surface area contributed by atoms with Crippen molar-refractivity contribution in [3.8, 4) is 6.07 Å². The molecule has 1 aliphatic heterocycles. The lowest BCUT2D eigenvalue weighted by atomic mass is 10.0. The van der Waals surface area contributed by atoms with Gasteiger partial charge in [0.2, 0.25) is 0 Å². The van der Waals surface area contributed by atoms with Gasteiger partial charge in [-0.2, -0.15) is 5.26 Å². The Bertz CT molecular complexity index is 1240. The molecule has 0 spiro atoms. The van der Waals surface area contributed by atoms with Gasteiger partial charge >= 0.3 is 5.97 Å². The number of carboxylic acid groups (broad SMARTS) is 1. The van der Waals surface area contributed by atoms with Gasteiger partial charge in [0, 0.05) is 23.7 Å². The highest BCUT2D eigenvalue weighted by atomic mass is 35.5. The number of ether oxygens (including phenoxy) is 1. The van der Waals surface area contributed by atoms with Crippen molar-refractivity contribution in [2.75, 3.05) is 36.5 Å². The van der Waals surface area contributed by atoms with Crippen LogP contribution in [0.4, 0.5) is 11.5 Å². The number of benzene rings is 1. The number of hydrogen-bond donors (Lipinski definition) is 2. The summed E-state index contributed by atoms with van der Waals surface area (Å²) in [6.07, 6.45) is 0. The minimum atomic E-state index is -1.20. The molecule has 4 rings (SSSR count). The highest BCUT2D eigenvalue weighted by Gasteiger charge is 2.22. The van der Waals surface area contributed by atoms with Crippen LogP contribution >= 0.6 is 23.2 Å². The van der Waals surface area contributed by atoms with Crippen LogP contribution in [0, 0.1) is 11.3 Å². The molecule has 9 nitrogen and oxygen atoms in total. The monoisotopic (exact) mass is 472 g/mol. The normalized spacial score (nSPS) is 14.8. The molecule has 0 amide bonds. The molecule has 0 unspecified atom stereocenters. The standard InChI is InChI=1S/C21H18Cl2N6O3/c1-11(25-14-2-3-17(23)27-19(14)21(30)31)13-8-12(22)9-15-18(13)28-20(16(10-24)26-15)29-4-6-32-7-5-29/h2-3,8-9,11,25H,4-7H2,1H3,(H,30,31)/t11-/m1/s1. The number of aromatic nitrogens is 3. The summed E-state index contributed by atoms with van der Waals surface area (Å²) in [4.78, 5) is 26.7. The molecule has 1 aliphatic rings. The van der Waals surface area contributed by atoms with Gasteiger partial charge in [-0.15, -0.1) is 0 Å². The number of carboxylic acids is 1. The zero-order chi connectivity index (χ0) is 22.8. The Morgan fingerprint density at radius 2 is 2.00 bits per heavy atom. The summed E-state index contributed by atoms with van der Waals surface area (Å²) >= 11 is 12.2. The van der Waals surface area contributed by atoms with E-state index in [2.05, 4.69) is 21.4 Å². The highest BCUT2D eigenvalue weighted by Crippen LogP contribution is 2.32. The van der Waals surface area contributed by atoms with Crippen LogP contribution in [0.2, 0.25) is 10.2 Å². The van der Waals surface area contributed by atoms with E-state index >= 15 is 0 Å². The summed E-state index contributed by atoms with van der Waals surface area (Å²) < 4.78 is 5.40. The molecule has 3 aromatic rings. The molecule has 0 radical (unpaired) electrons. The van der Waals surface area contributed by atoms with Gasteiger partial charge in [-0.25, -0.2) is 19.7 Å². The first-order valence-electron chi connectivity index (χ1n) is 9.77. The van der Waals surface area contributed by atoms with E-state index in [0.717, 1.165) is 0 Å². The first-order chi connectivity index (χ1) is 15.4. The first-order valence-corrected chi connectivity index (χ1v) is 10.5. The minimum absolute atomic E-state index is 0.0823. The Balaban J connectivity index is 1.80. The number of anilines is 2. The van der Waals surface area contributed by atoms with E-state index in [9.17, 15) is 15.2 Å². The van der Waals surface area contributed by atoms with Gasteiger partial charge in [-0.05, 0) is 31.2 Å². The molecule has 1 atom stereocenters. The summed E-state index contributed by atoms with van der Waals surface area (Å²) in [7, 11) is 0. The van der Waals surface area contributed by atoms with E-state index in [1.807, 2.05) is 11.8 Å². The molecular weight excluding hydrogens is 455 g/mol. The molecule has 1 fully saturated rings. The molecule has 0 bridgehead atoms. The fourth-order valence-corrected chi connectivity index (χ4v) is 3.94. The molecule has 32 heavy (non-hydrogen) atoms. The summed E-state index contributed by atoms with van der Waals surface area (Å²) in [5.41, 5.74) is 2.06. The van der Waals surface area contributed by atoms with Crippen LogP contribution in [0.1, 0.15) is 34.7 Å². The number of aromatic carboxylic acids is 1. The maximum Gasteiger partial charge on any atom is 0.356 e. The van der Waals surface area contributed by atoms with Crippen LogP contribution < -0.4 is 10.2 Å². The van der Waals surface area contributed by atoms with Gasteiger partial charge in [0.25, 0.3) is 0 Å². The number of nitriles is 1. The zero-order valence-electron chi connectivity index (χ0n) is 17.0. The number of pyridine rings is 1. The third kappa shape index (κ3) is 4.39. The lowest BCUT2D eigenvalue weighted by molar-refractivity contribution is 0.0691. The van der Waals surface area contributed by atoms with E-state index in [1.165, 1.54) is 6.07 Å². The van der Waals surface area contributed by atoms with Crippen molar-refractivity contribution in [1.82, 2.24) is 15.0 Å². The Morgan fingerprint density at radius 3 is 2.69 bits per heavy atom. The van der Waals surface area contributed by atoms with Crippen molar-refractivity contribution in [3.63, 3.8) is 0 Å². The van der Waals surface area contributed by atoms with Gasteiger partial charge in [0.05, 0.1) is 36.0 Å². The summed E-state index contributed by atoms with van der Waals surface area (Å²) in [5.74, 6) is -0.718. The number of halogens is 2. The highest BCUT2D eigenvalue weighted by molar-refractivity contribution is 6.31. The molecule has 164 valence electrons. The maximum atomic E-state index is 11.6. The van der Waals surface area contributed by atoms with Crippen LogP contribution in [0.5, 0.6) is 0 Å². The van der Waals surface area contributed by atoms with Crippen LogP contribution in [0.3, 0.4) is 0 Å². The van der Waals surface area contributed by atoms with Crippen molar-refractivity contribution in [2.24, 2.45) is 0 Å². The van der Waals surface area contributed by atoms with Crippen molar-refractivity contribution in [1.29, 1.82) is 5.26 Å². The minimum Gasteiger partial charge on any atom is -0.476 e. The number of nitrogens with zero attached hydrogens (tertiary/aromatic N) is 5. The molecule has 11 heteroatoms. The number of nitrogens with one attached hydrogen (secondary N) is 1. The lowest BCUT2D eigenvalue weighted by Gasteiger charge is -2.28. The third-order valence-corrected chi connectivity index (χ3v) is 5.49. The van der Waals surface area contributed by atoms with Gasteiger partial charge in [0.15, 0.2) is 17.2 Å². The second kappa shape index (κ2) is 9.12. The molecule has 0 aliphatic carbocycles. The topological polar surface area (TPSA) is 124 Å². The van der Waals surface area contributed by atoms with Crippen LogP contribution in [0.25, 0.3) is 11.0 Å². The quantitative estimate of drug-likeness (QED) is 0.531. The van der Waals surface area contributed by atoms with E-state index in [-0.39, 0.29) is 16.5 Å². The van der Waals surface area contributed by atoms with Crippen molar-refractivity contribution < 1.29 is 14.6 Å². The van der Waals surface area contributed by atoms with Gasteiger partial charge < -0.3 is 20.1 Å². The van der Waals surface area contributed by atoms with Crippen LogP contribution in [0.15, 0.2) is 24.3 Å². The Labute approximate surface area is 193 Å². The number of rotatable bonds is 5. The SMILES string of the molecule is C[C@@H](Nc1ccc(Cl)nc1C(=O)O)c1cc(Cl)cc2nc(C#N)c(N3CCOCC3)nc12. The number of hydrogen-bond acceptors (Lipinski definition) is 8. The number of morpholine rings is 1. The van der Waals surface area contributed by atoms with Crippen molar-refractivity contribution >= 4 is 51.7 Å². The largest absolute Gasteiger partial charge is 0.476 e. The fraction of sp³-hybridized carbons (Fsp3) is 0.286. The zero-order valence-corrected chi connectivity index (χ0v) is 18.5. The summed E-state index contributed by atoms with van der Waals surface area (Å²) in [6, 6.07) is 8.17. The molecular formula is C21H18Cl2N6O3. The van der Waals surface area contributed by atoms with E-state index < -0.39 is 12.0 Å². The van der Waals surface area contributed by atoms with Crippen LogP contribution in [-0.2, 0) is 4.74 Å². The molecule has 3 heterocycles. The molecule has 2 N–H and O–H groups in total. The second-order valence-corrected chi connectivity index (χ2v) is 7.99. The second-order valence-electron chi connectivity index (χ2n) is 7.17. The average molecular weight is 473 g/mol. The predicted molar refractivity (Wildman–Crippen MR) is 121 cm³/mol. The Morgan fingerprint density at radius 1 is 1.25 bits per heavy atom. The first kappa shape index (κ1) is 22.0. The summed E-state index contributed by atoms with van der Waals surface area (Å²) in [6.45, 7) is 4.13. The molecule has 0 saturated carbocycles. The van der Waals surface area contributed by atoms with Gasteiger partial charge in [-0.3, -0.25) is 0 Å². The van der Waals surface area contributed by atoms with Crippen LogP contribution in [-0.4, -0.2) is 52.3 Å². The average Bonchev–Trinajstić information content (AvgIpc) is 2.79. The Hall–Kier alpha value is -3.19. The van der Waals surface area contributed by atoms with Gasteiger partial charge in [-0.1, -0.05) is 23.2 Å². The predicted octanol–water partition coefficient (Wildman–Crippen LogP) is 3.91. The van der Waals surface area contributed by atoms with E-state index in [4.69, 9.17) is 32.9 Å². The van der Waals surface area contributed by atoms with E-state index in [1.54, 1.807) is 18.2 Å². The smallest absolute Gasteiger partial charge is 0.356 e. The number of carbonyl (C=O) groups is 1.